The molecule has 36 heavy (non-hydrogen) atoms. The lowest BCUT2D eigenvalue weighted by molar-refractivity contribution is 0.170. The molecule has 1 aliphatic heterocycles. The Balaban J connectivity index is 1.35. The maximum absolute atomic E-state index is 12.9. The maximum atomic E-state index is 12.9. The SMILES string of the molecule is CC1CCN(C(=O)N[C@@H]2CCc3c(-c4noc(-c5ccc(OC(C)C)c(C#N)c5)n4)cccc32)CC1. The average Bonchev–Trinajstić information content (AvgIpc) is 3.52. The zero-order valence-electron chi connectivity index (χ0n) is 21.0. The van der Waals surface area contributed by atoms with Crippen LogP contribution in [0.5, 0.6) is 5.75 Å². The summed E-state index contributed by atoms with van der Waals surface area (Å²) in [5.74, 6) is 2.06. The van der Waals surface area contributed by atoms with E-state index in [9.17, 15) is 10.1 Å². The lowest BCUT2D eigenvalue weighted by Gasteiger charge is -2.31. The molecule has 1 N–H and O–H groups in total. The fourth-order valence-electron chi connectivity index (χ4n) is 5.02. The van der Waals surface area contributed by atoms with Crippen LogP contribution in [0.4, 0.5) is 4.79 Å². The van der Waals surface area contributed by atoms with Gasteiger partial charge in [-0.3, -0.25) is 0 Å². The smallest absolute Gasteiger partial charge is 0.317 e. The molecule has 8 heteroatoms. The van der Waals surface area contributed by atoms with Crippen molar-refractivity contribution in [2.45, 2.75) is 58.6 Å². The number of fused-ring (bicyclic) bond motifs is 1. The molecule has 1 atom stereocenters. The van der Waals surface area contributed by atoms with Gasteiger partial charge in [-0.15, -0.1) is 0 Å². The number of benzene rings is 2. The van der Waals surface area contributed by atoms with Crippen LogP contribution in [-0.4, -0.2) is 40.3 Å². The van der Waals surface area contributed by atoms with E-state index in [1.54, 1.807) is 12.1 Å². The largest absolute Gasteiger partial charge is 0.490 e. The van der Waals surface area contributed by atoms with Gasteiger partial charge in [0.15, 0.2) is 0 Å². The van der Waals surface area contributed by atoms with Crippen molar-refractivity contribution in [1.29, 1.82) is 5.26 Å². The van der Waals surface area contributed by atoms with Crippen molar-refractivity contribution in [3.8, 4) is 34.7 Å². The predicted octanol–water partition coefficient (Wildman–Crippen LogP) is 5.49. The number of carbonyl (C=O) groups is 1. The van der Waals surface area contributed by atoms with Gasteiger partial charge < -0.3 is 19.5 Å². The summed E-state index contributed by atoms with van der Waals surface area (Å²) in [4.78, 5) is 19.4. The molecule has 2 amide bonds. The average molecular weight is 486 g/mol. The molecular formula is C28H31N5O3. The highest BCUT2D eigenvalue weighted by atomic mass is 16.5. The van der Waals surface area contributed by atoms with Crippen LogP contribution in [-0.2, 0) is 6.42 Å². The highest BCUT2D eigenvalue weighted by Crippen LogP contribution is 2.38. The molecule has 186 valence electrons. The van der Waals surface area contributed by atoms with Gasteiger partial charge in [0.05, 0.1) is 17.7 Å². The van der Waals surface area contributed by atoms with Gasteiger partial charge in [0.2, 0.25) is 5.82 Å². The molecule has 1 aromatic heterocycles. The van der Waals surface area contributed by atoms with E-state index in [-0.39, 0.29) is 18.2 Å². The Morgan fingerprint density at radius 2 is 2.03 bits per heavy atom. The predicted molar refractivity (Wildman–Crippen MR) is 135 cm³/mol. The molecule has 3 aromatic rings. The number of rotatable bonds is 5. The van der Waals surface area contributed by atoms with Crippen molar-refractivity contribution in [1.82, 2.24) is 20.4 Å². The maximum Gasteiger partial charge on any atom is 0.317 e. The zero-order chi connectivity index (χ0) is 25.2. The Labute approximate surface area is 211 Å². The van der Waals surface area contributed by atoms with Crippen molar-refractivity contribution in [3.63, 3.8) is 0 Å². The first-order valence-corrected chi connectivity index (χ1v) is 12.7. The number of aromatic nitrogens is 2. The number of urea groups is 1. The van der Waals surface area contributed by atoms with Crippen molar-refractivity contribution in [2.75, 3.05) is 13.1 Å². The number of nitrogens with zero attached hydrogens (tertiary/aromatic N) is 4. The second-order valence-corrected chi connectivity index (χ2v) is 10.00. The van der Waals surface area contributed by atoms with E-state index in [0.29, 0.717) is 34.5 Å². The second kappa shape index (κ2) is 10.0. The van der Waals surface area contributed by atoms with Gasteiger partial charge in [0.1, 0.15) is 11.8 Å². The number of likely N-dealkylation sites (tertiary alicyclic amines) is 1. The number of hydrogen-bond acceptors (Lipinski definition) is 6. The Morgan fingerprint density at radius 1 is 1.22 bits per heavy atom. The Kier molecular flexibility index (Phi) is 6.64. The Hall–Kier alpha value is -3.86. The van der Waals surface area contributed by atoms with E-state index in [0.717, 1.165) is 55.5 Å². The number of nitriles is 1. The first-order chi connectivity index (χ1) is 17.4. The molecular weight excluding hydrogens is 454 g/mol. The van der Waals surface area contributed by atoms with E-state index in [4.69, 9.17) is 9.26 Å². The lowest BCUT2D eigenvalue weighted by atomic mass is 9.99. The first kappa shape index (κ1) is 23.9. The Morgan fingerprint density at radius 3 is 2.78 bits per heavy atom. The monoisotopic (exact) mass is 485 g/mol. The van der Waals surface area contributed by atoms with Gasteiger partial charge in [-0.05, 0) is 74.8 Å². The third kappa shape index (κ3) is 4.78. The number of piperidine rings is 1. The third-order valence-electron chi connectivity index (χ3n) is 7.02. The van der Waals surface area contributed by atoms with E-state index in [1.165, 1.54) is 0 Å². The summed E-state index contributed by atoms with van der Waals surface area (Å²) in [5.41, 5.74) is 4.24. The van der Waals surface area contributed by atoms with Crippen LogP contribution in [0.2, 0.25) is 0 Å². The summed E-state index contributed by atoms with van der Waals surface area (Å²) < 4.78 is 11.3. The van der Waals surface area contributed by atoms with Crippen LogP contribution in [0.15, 0.2) is 40.9 Å². The van der Waals surface area contributed by atoms with Crippen molar-refractivity contribution in [2.24, 2.45) is 5.92 Å². The number of ether oxygens (including phenoxy) is 1. The van der Waals surface area contributed by atoms with Gasteiger partial charge in [-0.1, -0.05) is 30.3 Å². The first-order valence-electron chi connectivity index (χ1n) is 12.7. The molecule has 0 bridgehead atoms. The van der Waals surface area contributed by atoms with E-state index in [1.807, 2.05) is 36.9 Å². The molecule has 0 spiro atoms. The normalized spacial score (nSPS) is 17.6. The summed E-state index contributed by atoms with van der Waals surface area (Å²) in [5, 5.41) is 17.0. The minimum Gasteiger partial charge on any atom is -0.490 e. The molecule has 2 heterocycles. The van der Waals surface area contributed by atoms with Crippen molar-refractivity contribution < 1.29 is 14.1 Å². The minimum atomic E-state index is -0.0321. The summed E-state index contributed by atoms with van der Waals surface area (Å²) in [6.45, 7) is 7.71. The van der Waals surface area contributed by atoms with Crippen LogP contribution >= 0.6 is 0 Å². The minimum absolute atomic E-state index is 0.0187. The van der Waals surface area contributed by atoms with Gasteiger partial charge >= 0.3 is 6.03 Å². The molecule has 8 nitrogen and oxygen atoms in total. The van der Waals surface area contributed by atoms with Crippen LogP contribution in [0, 0.1) is 17.2 Å². The molecule has 1 aliphatic carbocycles. The summed E-state index contributed by atoms with van der Waals surface area (Å²) in [6.07, 6.45) is 3.76. The molecule has 1 fully saturated rings. The number of nitrogens with one attached hydrogen (secondary N) is 1. The third-order valence-corrected chi connectivity index (χ3v) is 7.02. The fourth-order valence-corrected chi connectivity index (χ4v) is 5.02. The highest BCUT2D eigenvalue weighted by Gasteiger charge is 2.30. The number of hydrogen-bond donors (Lipinski definition) is 1. The van der Waals surface area contributed by atoms with Crippen LogP contribution in [0.1, 0.15) is 62.8 Å². The molecule has 2 aromatic carbocycles. The second-order valence-electron chi connectivity index (χ2n) is 10.00. The molecule has 0 radical (unpaired) electrons. The quantitative estimate of drug-likeness (QED) is 0.512. The fraction of sp³-hybridized carbons (Fsp3) is 0.429. The van der Waals surface area contributed by atoms with E-state index >= 15 is 0 Å². The molecule has 0 unspecified atom stereocenters. The van der Waals surface area contributed by atoms with Gasteiger partial charge in [0.25, 0.3) is 5.89 Å². The van der Waals surface area contributed by atoms with Crippen LogP contribution < -0.4 is 10.1 Å². The van der Waals surface area contributed by atoms with Crippen LogP contribution in [0.3, 0.4) is 0 Å². The standard InChI is InChI=1S/C28H31N5O3/c1-17(2)35-25-10-7-19(15-20(25)16-29)27-31-26(32-36-27)23-6-4-5-22-21(23)8-9-24(22)30-28(34)33-13-11-18(3)12-14-33/h4-7,10,15,17-18,24H,8-9,11-14H2,1-3H3,(H,30,34)/t24-/m1/s1. The summed E-state index contributed by atoms with van der Waals surface area (Å²) in [6, 6.07) is 13.5. The molecule has 5 rings (SSSR count). The number of carbonyl (C=O) groups excluding carboxylic acids is 1. The number of amides is 2. The van der Waals surface area contributed by atoms with Crippen molar-refractivity contribution in [3.05, 3.63) is 53.1 Å². The topological polar surface area (TPSA) is 104 Å². The lowest BCUT2D eigenvalue weighted by Crippen LogP contribution is -2.45. The van der Waals surface area contributed by atoms with E-state index < -0.39 is 0 Å². The van der Waals surface area contributed by atoms with Gasteiger partial charge in [-0.2, -0.15) is 10.2 Å². The van der Waals surface area contributed by atoms with Gasteiger partial charge in [-0.25, -0.2) is 4.79 Å². The molecule has 0 saturated carbocycles. The van der Waals surface area contributed by atoms with Crippen molar-refractivity contribution >= 4 is 6.03 Å². The Bertz CT molecular complexity index is 1300. The van der Waals surface area contributed by atoms with E-state index in [2.05, 4.69) is 34.5 Å². The summed E-state index contributed by atoms with van der Waals surface area (Å²) in [7, 11) is 0. The summed E-state index contributed by atoms with van der Waals surface area (Å²) >= 11 is 0. The zero-order valence-corrected chi connectivity index (χ0v) is 21.0. The van der Waals surface area contributed by atoms with Gasteiger partial charge in [0, 0.05) is 24.2 Å². The molecule has 1 saturated heterocycles. The van der Waals surface area contributed by atoms with Crippen LogP contribution in [0.25, 0.3) is 22.8 Å². The highest BCUT2D eigenvalue weighted by molar-refractivity contribution is 5.76. The molecule has 2 aliphatic rings.